The number of ether oxygens (including phenoxy) is 3. The molecule has 0 fully saturated rings. The summed E-state index contributed by atoms with van der Waals surface area (Å²) in [5.41, 5.74) is 2.75. The number of rotatable bonds is 17. The molecule has 0 heterocycles. The van der Waals surface area contributed by atoms with Gasteiger partial charge in [0.1, 0.15) is 18.1 Å². The molecule has 0 aromatic heterocycles. The molecule has 0 spiro atoms. The van der Waals surface area contributed by atoms with Crippen molar-refractivity contribution in [1.82, 2.24) is 4.90 Å². The molecule has 3 aromatic rings. The van der Waals surface area contributed by atoms with Gasteiger partial charge < -0.3 is 29.5 Å². The van der Waals surface area contributed by atoms with E-state index in [9.17, 15) is 14.7 Å². The van der Waals surface area contributed by atoms with Gasteiger partial charge in [-0.05, 0) is 54.5 Å². The normalized spacial score (nSPS) is 11.4. The Hall–Kier alpha value is -3.69. The van der Waals surface area contributed by atoms with Crippen LogP contribution in [0.5, 0.6) is 11.5 Å². The Morgan fingerprint density at radius 1 is 0.950 bits per heavy atom. The molecule has 40 heavy (non-hydrogen) atoms. The number of hydrogen-bond donors (Lipinski definition) is 2. The summed E-state index contributed by atoms with van der Waals surface area (Å²) < 4.78 is 16.6. The lowest BCUT2D eigenvalue weighted by atomic mass is 10.1. The maximum Gasteiger partial charge on any atom is 0.333 e. The zero-order valence-corrected chi connectivity index (χ0v) is 23.9. The molecule has 214 valence electrons. The summed E-state index contributed by atoms with van der Waals surface area (Å²) in [5.74, 6) is 2.13. The van der Waals surface area contributed by atoms with Gasteiger partial charge >= 0.3 is 12.0 Å². The van der Waals surface area contributed by atoms with E-state index in [0.717, 1.165) is 23.5 Å². The Kier molecular flexibility index (Phi) is 13.2. The van der Waals surface area contributed by atoms with E-state index in [2.05, 4.69) is 17.4 Å². The predicted molar refractivity (Wildman–Crippen MR) is 159 cm³/mol. The lowest BCUT2D eigenvalue weighted by Gasteiger charge is -2.24. The number of nitrogens with one attached hydrogen (secondary N) is 1. The number of benzene rings is 3. The van der Waals surface area contributed by atoms with Gasteiger partial charge in [0.2, 0.25) is 0 Å². The Labute approximate surface area is 240 Å². The van der Waals surface area contributed by atoms with Crippen molar-refractivity contribution >= 4 is 29.4 Å². The van der Waals surface area contributed by atoms with Gasteiger partial charge in [-0.1, -0.05) is 54.6 Å². The maximum absolute atomic E-state index is 13.2. The molecule has 0 bridgehead atoms. The van der Waals surface area contributed by atoms with E-state index in [-0.39, 0.29) is 12.5 Å². The van der Waals surface area contributed by atoms with E-state index < -0.39 is 12.1 Å². The van der Waals surface area contributed by atoms with Crippen molar-refractivity contribution in [2.24, 2.45) is 0 Å². The highest BCUT2D eigenvalue weighted by Gasteiger charge is 2.18. The van der Waals surface area contributed by atoms with Crippen molar-refractivity contribution in [3.05, 3.63) is 90.0 Å². The number of amides is 2. The van der Waals surface area contributed by atoms with Gasteiger partial charge in [-0.15, -0.1) is 0 Å². The molecular weight excluding hydrogens is 528 g/mol. The van der Waals surface area contributed by atoms with Gasteiger partial charge in [0.25, 0.3) is 0 Å². The van der Waals surface area contributed by atoms with E-state index in [1.54, 1.807) is 37.1 Å². The van der Waals surface area contributed by atoms with Gasteiger partial charge in [0, 0.05) is 25.3 Å². The van der Waals surface area contributed by atoms with E-state index in [1.807, 2.05) is 60.3 Å². The first-order valence-corrected chi connectivity index (χ1v) is 14.5. The van der Waals surface area contributed by atoms with E-state index in [1.165, 1.54) is 5.56 Å². The second-order valence-corrected chi connectivity index (χ2v) is 10.1. The summed E-state index contributed by atoms with van der Waals surface area (Å²) in [5, 5.41) is 12.3. The lowest BCUT2D eigenvalue weighted by Crippen LogP contribution is -2.38. The second-order valence-electron chi connectivity index (χ2n) is 8.99. The zero-order chi connectivity index (χ0) is 28.6. The number of para-hydroxylation sites is 2. The average Bonchev–Trinajstić information content (AvgIpc) is 2.97. The molecule has 0 aliphatic heterocycles. The van der Waals surface area contributed by atoms with Crippen LogP contribution in [0, 0.1) is 0 Å². The smallest absolute Gasteiger partial charge is 0.333 e. The minimum absolute atomic E-state index is 0.216. The second kappa shape index (κ2) is 17.1. The van der Waals surface area contributed by atoms with Gasteiger partial charge in [-0.3, -0.25) is 0 Å². The van der Waals surface area contributed by atoms with Gasteiger partial charge in [0.15, 0.2) is 6.10 Å². The molecule has 0 saturated heterocycles. The standard InChI is InChI=1S/C31H38N2O6S/c1-3-38-29(30(34)35)22-24-14-16-26(17-15-24)39-20-19-33(18-9-21-40-23-25-10-5-4-6-11-25)31(36)32-27-12-7-8-13-28(27)37-2/h4-8,10-17,29H,3,9,18-23H2,1-2H3,(H,32,36)(H,34,35). The molecule has 3 rings (SSSR count). The number of carboxylic acid groups (broad SMARTS) is 1. The first-order chi connectivity index (χ1) is 19.5. The topological polar surface area (TPSA) is 97.3 Å². The Morgan fingerprint density at radius 3 is 2.38 bits per heavy atom. The minimum atomic E-state index is -0.980. The SMILES string of the molecule is CCOC(Cc1ccc(OCCN(CCCSCc2ccccc2)C(=O)Nc2ccccc2OC)cc1)C(=O)O. The quantitative estimate of drug-likeness (QED) is 0.195. The third-order valence-electron chi connectivity index (χ3n) is 6.08. The number of anilines is 1. The van der Waals surface area contributed by atoms with Crippen molar-refractivity contribution in [2.45, 2.75) is 31.6 Å². The zero-order valence-electron chi connectivity index (χ0n) is 23.1. The molecule has 1 atom stereocenters. The maximum atomic E-state index is 13.2. The average molecular weight is 567 g/mol. The Balaban J connectivity index is 1.54. The Morgan fingerprint density at radius 2 is 1.68 bits per heavy atom. The molecule has 0 saturated carbocycles. The molecule has 2 amide bonds. The van der Waals surface area contributed by atoms with Crippen LogP contribution in [0.1, 0.15) is 24.5 Å². The van der Waals surface area contributed by atoms with E-state index in [4.69, 9.17) is 14.2 Å². The predicted octanol–water partition coefficient (Wildman–Crippen LogP) is 5.96. The number of carboxylic acids is 1. The van der Waals surface area contributed by atoms with Crippen LogP contribution in [0.15, 0.2) is 78.9 Å². The summed E-state index contributed by atoms with van der Waals surface area (Å²) in [7, 11) is 1.57. The van der Waals surface area contributed by atoms with Gasteiger partial charge in [-0.2, -0.15) is 11.8 Å². The highest BCUT2D eigenvalue weighted by Crippen LogP contribution is 2.23. The summed E-state index contributed by atoms with van der Waals surface area (Å²) in [6.45, 7) is 3.41. The van der Waals surface area contributed by atoms with Crippen LogP contribution in [0.25, 0.3) is 0 Å². The molecule has 9 heteroatoms. The molecule has 1 unspecified atom stereocenters. The number of thioether (sulfide) groups is 1. The van der Waals surface area contributed by atoms with E-state index in [0.29, 0.717) is 43.5 Å². The molecule has 3 aromatic carbocycles. The van der Waals surface area contributed by atoms with Gasteiger partial charge in [0.05, 0.1) is 19.3 Å². The van der Waals surface area contributed by atoms with Gasteiger partial charge in [-0.25, -0.2) is 9.59 Å². The number of nitrogens with zero attached hydrogens (tertiary/aromatic N) is 1. The van der Waals surface area contributed by atoms with Crippen molar-refractivity contribution in [2.75, 3.05) is 44.5 Å². The van der Waals surface area contributed by atoms with Crippen LogP contribution in [-0.2, 0) is 21.7 Å². The summed E-state index contributed by atoms with van der Waals surface area (Å²) in [4.78, 5) is 26.3. The number of carbonyl (C=O) groups is 2. The number of carbonyl (C=O) groups excluding carboxylic acids is 1. The first kappa shape index (κ1) is 30.8. The molecule has 0 aliphatic rings. The van der Waals surface area contributed by atoms with Crippen molar-refractivity contribution in [1.29, 1.82) is 0 Å². The number of urea groups is 1. The molecular formula is C31H38N2O6S. The number of methoxy groups -OCH3 is 1. The largest absolute Gasteiger partial charge is 0.495 e. The molecule has 2 N–H and O–H groups in total. The summed E-state index contributed by atoms with van der Waals surface area (Å²) >= 11 is 1.85. The molecule has 0 aliphatic carbocycles. The monoisotopic (exact) mass is 566 g/mol. The third kappa shape index (κ3) is 10.5. The van der Waals surface area contributed by atoms with Crippen LogP contribution in [0.3, 0.4) is 0 Å². The number of aliphatic carboxylic acids is 1. The fourth-order valence-corrected chi connectivity index (χ4v) is 4.91. The number of hydrogen-bond acceptors (Lipinski definition) is 6. The summed E-state index contributed by atoms with van der Waals surface area (Å²) in [6.07, 6.45) is 0.247. The fraction of sp³-hybridized carbons (Fsp3) is 0.355. The summed E-state index contributed by atoms with van der Waals surface area (Å²) in [6, 6.07) is 24.7. The van der Waals surface area contributed by atoms with Crippen LogP contribution in [0.4, 0.5) is 10.5 Å². The Bertz CT molecular complexity index is 1180. The van der Waals surface area contributed by atoms with Crippen LogP contribution >= 0.6 is 11.8 Å². The van der Waals surface area contributed by atoms with Crippen molar-refractivity contribution in [3.63, 3.8) is 0 Å². The molecule has 0 radical (unpaired) electrons. The van der Waals surface area contributed by atoms with Crippen molar-refractivity contribution < 1.29 is 28.9 Å². The third-order valence-corrected chi connectivity index (χ3v) is 7.20. The van der Waals surface area contributed by atoms with Crippen LogP contribution in [0.2, 0.25) is 0 Å². The fourth-order valence-electron chi connectivity index (χ4n) is 4.01. The first-order valence-electron chi connectivity index (χ1n) is 13.4. The van der Waals surface area contributed by atoms with Crippen molar-refractivity contribution in [3.8, 4) is 11.5 Å². The lowest BCUT2D eigenvalue weighted by molar-refractivity contribution is -0.149. The molecule has 8 nitrogen and oxygen atoms in total. The van der Waals surface area contributed by atoms with E-state index >= 15 is 0 Å². The van der Waals surface area contributed by atoms with Crippen LogP contribution < -0.4 is 14.8 Å². The highest BCUT2D eigenvalue weighted by atomic mass is 32.2. The highest BCUT2D eigenvalue weighted by molar-refractivity contribution is 7.98. The minimum Gasteiger partial charge on any atom is -0.495 e. The van der Waals surface area contributed by atoms with Crippen LogP contribution in [-0.4, -0.2) is 67.3 Å².